The molecule has 0 bridgehead atoms. The molecule has 4 rings (SSSR count). The second kappa shape index (κ2) is 11.5. The molecule has 3 aromatic rings. The predicted octanol–water partition coefficient (Wildman–Crippen LogP) is 5.58. The van der Waals surface area contributed by atoms with Crippen LogP contribution in [0.25, 0.3) is 10.8 Å². The molecule has 2 aromatic carbocycles. The lowest BCUT2D eigenvalue weighted by atomic mass is 10.0. The van der Waals surface area contributed by atoms with Crippen LogP contribution >= 0.6 is 15.9 Å². The fourth-order valence-electron chi connectivity index (χ4n) is 3.96. The third-order valence-electron chi connectivity index (χ3n) is 5.62. The normalized spacial score (nSPS) is 15.8. The second-order valence-corrected chi connectivity index (χ2v) is 9.21. The first kappa shape index (κ1) is 26.5. The van der Waals surface area contributed by atoms with Gasteiger partial charge in [0, 0.05) is 52.5 Å². The van der Waals surface area contributed by atoms with Crippen LogP contribution in [0.1, 0.15) is 24.0 Å². The number of aromatic nitrogens is 1. The number of nitrogens with zero attached hydrogens (tertiary/aromatic N) is 2. The quantitative estimate of drug-likeness (QED) is 0.442. The average molecular weight is 552 g/mol. The summed E-state index contributed by atoms with van der Waals surface area (Å²) in [6.45, 7) is 3.68. The van der Waals surface area contributed by atoms with E-state index in [4.69, 9.17) is 9.90 Å². The molecular formula is C25H25BrF3N3O3. The molecule has 0 saturated carbocycles. The van der Waals surface area contributed by atoms with Crippen molar-refractivity contribution in [1.29, 1.82) is 0 Å². The fourth-order valence-corrected chi connectivity index (χ4v) is 4.23. The van der Waals surface area contributed by atoms with Crippen LogP contribution in [-0.2, 0) is 16.0 Å². The number of carbonyl (C=O) groups excluding carboxylic acids is 1. The van der Waals surface area contributed by atoms with Gasteiger partial charge in [-0.05, 0) is 49.1 Å². The molecule has 2 N–H and O–H groups in total. The van der Waals surface area contributed by atoms with Crippen molar-refractivity contribution in [3.05, 3.63) is 70.5 Å². The third-order valence-corrected chi connectivity index (χ3v) is 6.15. The molecule has 1 aliphatic rings. The molecule has 6 nitrogen and oxygen atoms in total. The number of aliphatic carboxylic acids is 1. The van der Waals surface area contributed by atoms with Gasteiger partial charge in [-0.3, -0.25) is 9.78 Å². The smallest absolute Gasteiger partial charge is 0.475 e. The maximum absolute atomic E-state index is 12.8. The number of nitrogens with one attached hydrogen (secondary N) is 1. The number of halogens is 4. The van der Waals surface area contributed by atoms with Gasteiger partial charge in [0.1, 0.15) is 0 Å². The zero-order valence-electron chi connectivity index (χ0n) is 19.0. The van der Waals surface area contributed by atoms with Crippen molar-refractivity contribution < 1.29 is 27.9 Å². The van der Waals surface area contributed by atoms with Crippen LogP contribution in [0.3, 0.4) is 0 Å². The highest BCUT2D eigenvalue weighted by Gasteiger charge is 2.38. The first-order valence-corrected chi connectivity index (χ1v) is 11.8. The lowest BCUT2D eigenvalue weighted by Gasteiger charge is -2.34. The number of piperidine rings is 1. The van der Waals surface area contributed by atoms with Crippen molar-refractivity contribution in [3.8, 4) is 0 Å². The first-order valence-electron chi connectivity index (χ1n) is 11.0. The second-order valence-electron chi connectivity index (χ2n) is 8.29. The van der Waals surface area contributed by atoms with E-state index in [2.05, 4.69) is 51.4 Å². The number of carboxylic acids is 1. The van der Waals surface area contributed by atoms with Gasteiger partial charge in [-0.2, -0.15) is 13.2 Å². The van der Waals surface area contributed by atoms with Crippen molar-refractivity contribution in [2.45, 2.75) is 38.4 Å². The Kier molecular flexibility index (Phi) is 8.71. The van der Waals surface area contributed by atoms with Crippen molar-refractivity contribution >= 4 is 44.3 Å². The minimum atomic E-state index is -5.08. The Morgan fingerprint density at radius 1 is 1.17 bits per heavy atom. The van der Waals surface area contributed by atoms with Gasteiger partial charge in [0.2, 0.25) is 5.91 Å². The standard InChI is InChI=1S/C23H24BrN3O.C2HF3O2/c1-16-13-25-14-18-4-2-6-21(23(16)18)26-20-5-3-11-27(15-20)22(28)12-17-7-9-19(24)10-8-17;3-2(4,5)1(6)7/h2,4,6-10,13-14,20,26H,3,5,11-12,15H2,1H3;(H,6,7). The Balaban J connectivity index is 0.000000429. The number of alkyl halides is 3. The molecule has 1 aliphatic heterocycles. The number of pyridine rings is 1. The number of carboxylic acid groups (broad SMARTS) is 1. The third kappa shape index (κ3) is 7.42. The van der Waals surface area contributed by atoms with Crippen LogP contribution in [0.4, 0.5) is 18.9 Å². The number of hydrogen-bond acceptors (Lipinski definition) is 4. The highest BCUT2D eigenvalue weighted by atomic mass is 79.9. The lowest BCUT2D eigenvalue weighted by Crippen LogP contribution is -2.45. The van der Waals surface area contributed by atoms with Crippen LogP contribution in [0.15, 0.2) is 59.3 Å². The topological polar surface area (TPSA) is 82.5 Å². The number of hydrogen-bond donors (Lipinski definition) is 2. The summed E-state index contributed by atoms with van der Waals surface area (Å²) in [5.74, 6) is -2.56. The van der Waals surface area contributed by atoms with Gasteiger partial charge in [-0.25, -0.2) is 4.79 Å². The molecule has 0 spiro atoms. The summed E-state index contributed by atoms with van der Waals surface area (Å²) in [6.07, 6.45) is 1.28. The van der Waals surface area contributed by atoms with E-state index < -0.39 is 12.1 Å². The fraction of sp³-hybridized carbons (Fsp3) is 0.320. The number of likely N-dealkylation sites (tertiary alicyclic amines) is 1. The summed E-state index contributed by atoms with van der Waals surface area (Å²) >= 11 is 3.44. The molecular weight excluding hydrogens is 527 g/mol. The van der Waals surface area contributed by atoms with Crippen molar-refractivity contribution in [2.75, 3.05) is 18.4 Å². The number of rotatable bonds is 4. The number of aryl methyl sites for hydroxylation is 1. The molecule has 1 saturated heterocycles. The van der Waals surface area contributed by atoms with Gasteiger partial charge in [-0.15, -0.1) is 0 Å². The number of fused-ring (bicyclic) bond motifs is 1. The molecule has 35 heavy (non-hydrogen) atoms. The Bertz CT molecular complexity index is 1180. The Morgan fingerprint density at radius 3 is 2.51 bits per heavy atom. The highest BCUT2D eigenvalue weighted by Crippen LogP contribution is 2.28. The van der Waals surface area contributed by atoms with Crippen LogP contribution in [0, 0.1) is 6.92 Å². The monoisotopic (exact) mass is 551 g/mol. The predicted molar refractivity (Wildman–Crippen MR) is 131 cm³/mol. The summed E-state index contributed by atoms with van der Waals surface area (Å²) in [6, 6.07) is 14.5. The molecule has 1 aromatic heterocycles. The van der Waals surface area contributed by atoms with Crippen LogP contribution in [0.5, 0.6) is 0 Å². The van der Waals surface area contributed by atoms with E-state index in [9.17, 15) is 18.0 Å². The van der Waals surface area contributed by atoms with Crippen LogP contribution in [0.2, 0.25) is 0 Å². The summed E-state index contributed by atoms with van der Waals surface area (Å²) in [5.41, 5.74) is 3.35. The van der Waals surface area contributed by atoms with Crippen molar-refractivity contribution in [3.63, 3.8) is 0 Å². The van der Waals surface area contributed by atoms with Gasteiger partial charge < -0.3 is 15.3 Å². The minimum Gasteiger partial charge on any atom is -0.475 e. The van der Waals surface area contributed by atoms with E-state index in [1.54, 1.807) is 0 Å². The van der Waals surface area contributed by atoms with Crippen LogP contribution < -0.4 is 5.32 Å². The Hall–Kier alpha value is -3.14. The number of carbonyl (C=O) groups is 2. The van der Waals surface area contributed by atoms with Gasteiger partial charge in [0.05, 0.1) is 6.42 Å². The minimum absolute atomic E-state index is 0.201. The van der Waals surface area contributed by atoms with Crippen molar-refractivity contribution in [2.24, 2.45) is 0 Å². The van der Waals surface area contributed by atoms with E-state index in [1.807, 2.05) is 41.6 Å². The Labute approximate surface area is 209 Å². The molecule has 1 unspecified atom stereocenters. The SMILES string of the molecule is Cc1cncc2cccc(NC3CCCN(C(=O)Cc4ccc(Br)cc4)C3)c12.O=C(O)C(F)(F)F. The molecule has 186 valence electrons. The van der Waals surface area contributed by atoms with Gasteiger partial charge in [0.15, 0.2) is 0 Å². The van der Waals surface area contributed by atoms with Crippen molar-refractivity contribution in [1.82, 2.24) is 9.88 Å². The summed E-state index contributed by atoms with van der Waals surface area (Å²) in [7, 11) is 0. The molecule has 1 fully saturated rings. The van der Waals surface area contributed by atoms with Gasteiger partial charge >= 0.3 is 12.1 Å². The van der Waals surface area contributed by atoms with E-state index in [0.29, 0.717) is 6.42 Å². The zero-order valence-corrected chi connectivity index (χ0v) is 20.6. The summed E-state index contributed by atoms with van der Waals surface area (Å²) in [5, 5.41) is 13.2. The molecule has 1 atom stereocenters. The average Bonchev–Trinajstić information content (AvgIpc) is 2.81. The number of amides is 1. The van der Waals surface area contributed by atoms with Gasteiger partial charge in [-0.1, -0.05) is 40.2 Å². The lowest BCUT2D eigenvalue weighted by molar-refractivity contribution is -0.192. The van der Waals surface area contributed by atoms with E-state index in [1.165, 1.54) is 10.9 Å². The molecule has 1 amide bonds. The Morgan fingerprint density at radius 2 is 1.86 bits per heavy atom. The van der Waals surface area contributed by atoms with E-state index >= 15 is 0 Å². The maximum atomic E-state index is 12.8. The molecule has 2 heterocycles. The largest absolute Gasteiger partial charge is 0.490 e. The van der Waals surface area contributed by atoms with Crippen LogP contribution in [-0.4, -0.2) is 52.2 Å². The number of anilines is 1. The van der Waals surface area contributed by atoms with E-state index in [0.717, 1.165) is 47.0 Å². The zero-order chi connectivity index (χ0) is 25.6. The van der Waals surface area contributed by atoms with E-state index in [-0.39, 0.29) is 11.9 Å². The first-order chi connectivity index (χ1) is 16.5. The van der Waals surface area contributed by atoms with Gasteiger partial charge in [0.25, 0.3) is 0 Å². The highest BCUT2D eigenvalue weighted by molar-refractivity contribution is 9.10. The number of benzene rings is 2. The molecule has 0 radical (unpaired) electrons. The molecule has 10 heteroatoms. The molecule has 0 aliphatic carbocycles. The maximum Gasteiger partial charge on any atom is 0.490 e. The summed E-state index contributed by atoms with van der Waals surface area (Å²) in [4.78, 5) is 28.0. The summed E-state index contributed by atoms with van der Waals surface area (Å²) < 4.78 is 32.8.